The maximum atomic E-state index is 12.4. The van der Waals surface area contributed by atoms with E-state index in [4.69, 9.17) is 18.6 Å². The predicted molar refractivity (Wildman–Crippen MR) is 113 cm³/mol. The molecule has 1 aliphatic heterocycles. The van der Waals surface area contributed by atoms with Gasteiger partial charge in [-0.25, -0.2) is 4.79 Å². The van der Waals surface area contributed by atoms with Crippen molar-refractivity contribution in [2.45, 2.75) is 63.8 Å². The molecule has 174 valence electrons. The zero-order valence-electron chi connectivity index (χ0n) is 18.2. The standard InChI is InChI=1S/C22H27NO9/c1-9-12(30-21-16(26)15(25)18(29-4)22(2,3)32-21)8-7-11-14(24)13(20(28)31-17(9)11)23-19(27)10-5-6-10/h7-8,10,15-16,18,21,24-26H,5-6H2,1-4H3,(H,23,27)/t15-,16+,18+,21+/m0/s1. The van der Waals surface area contributed by atoms with Crippen LogP contribution in [0.1, 0.15) is 32.3 Å². The van der Waals surface area contributed by atoms with Crippen LogP contribution in [0.25, 0.3) is 11.0 Å². The van der Waals surface area contributed by atoms with Crippen LogP contribution in [0.15, 0.2) is 21.3 Å². The van der Waals surface area contributed by atoms with Crippen LogP contribution in [-0.4, -0.2) is 58.5 Å². The largest absolute Gasteiger partial charge is 0.505 e. The molecule has 1 amide bonds. The molecule has 2 aromatic rings. The van der Waals surface area contributed by atoms with Gasteiger partial charge < -0.3 is 39.3 Å². The van der Waals surface area contributed by atoms with Crippen molar-refractivity contribution in [1.82, 2.24) is 0 Å². The quantitative estimate of drug-likeness (QED) is 0.497. The molecular formula is C22H27NO9. The van der Waals surface area contributed by atoms with Crippen molar-refractivity contribution < 1.29 is 38.7 Å². The molecule has 1 aliphatic carbocycles. The molecule has 1 saturated heterocycles. The number of nitrogens with one attached hydrogen (secondary N) is 1. The van der Waals surface area contributed by atoms with Crippen LogP contribution in [0.5, 0.6) is 11.5 Å². The number of fused-ring (bicyclic) bond motifs is 1. The number of carbonyl (C=O) groups excluding carboxylic acids is 1. The van der Waals surface area contributed by atoms with E-state index in [2.05, 4.69) is 5.32 Å². The lowest BCUT2D eigenvalue weighted by molar-refractivity contribution is -0.306. The number of rotatable bonds is 5. The number of methoxy groups -OCH3 is 1. The molecule has 4 rings (SSSR count). The first kappa shape index (κ1) is 22.5. The Morgan fingerprint density at radius 1 is 1.22 bits per heavy atom. The fourth-order valence-electron chi connectivity index (χ4n) is 4.00. The lowest BCUT2D eigenvalue weighted by Crippen LogP contribution is -2.63. The Kier molecular flexibility index (Phi) is 5.66. The summed E-state index contributed by atoms with van der Waals surface area (Å²) in [5.74, 6) is -0.657. The molecule has 1 aromatic heterocycles. The van der Waals surface area contributed by atoms with Crippen molar-refractivity contribution in [3.63, 3.8) is 0 Å². The lowest BCUT2D eigenvalue weighted by atomic mass is 9.89. The molecule has 10 nitrogen and oxygen atoms in total. The van der Waals surface area contributed by atoms with Gasteiger partial charge in [-0.3, -0.25) is 4.79 Å². The van der Waals surface area contributed by atoms with Crippen LogP contribution < -0.4 is 15.7 Å². The first-order valence-electron chi connectivity index (χ1n) is 10.4. The van der Waals surface area contributed by atoms with Crippen LogP contribution in [-0.2, 0) is 14.3 Å². The molecule has 1 saturated carbocycles. The smallest absolute Gasteiger partial charge is 0.364 e. The summed E-state index contributed by atoms with van der Waals surface area (Å²) < 4.78 is 22.3. The number of carbonyl (C=O) groups is 1. The summed E-state index contributed by atoms with van der Waals surface area (Å²) in [6.07, 6.45) is -3.15. The van der Waals surface area contributed by atoms with Crippen LogP contribution in [0.4, 0.5) is 5.69 Å². The van der Waals surface area contributed by atoms with Crippen molar-refractivity contribution >= 4 is 22.6 Å². The van der Waals surface area contributed by atoms with Crippen molar-refractivity contribution in [3.8, 4) is 11.5 Å². The molecule has 0 bridgehead atoms. The number of ether oxygens (including phenoxy) is 3. The first-order chi connectivity index (χ1) is 15.0. The maximum Gasteiger partial charge on any atom is 0.364 e. The molecule has 4 atom stereocenters. The van der Waals surface area contributed by atoms with Gasteiger partial charge in [-0.05, 0) is 45.7 Å². The Balaban J connectivity index is 1.65. The Bertz CT molecular complexity index is 1100. The van der Waals surface area contributed by atoms with Crippen LogP contribution in [0.2, 0.25) is 0 Å². The average Bonchev–Trinajstić information content (AvgIpc) is 3.57. The lowest BCUT2D eigenvalue weighted by Gasteiger charge is -2.46. The van der Waals surface area contributed by atoms with E-state index in [9.17, 15) is 24.9 Å². The minimum absolute atomic E-state index is 0.0642. The van der Waals surface area contributed by atoms with E-state index in [-0.39, 0.29) is 34.2 Å². The third kappa shape index (κ3) is 3.83. The van der Waals surface area contributed by atoms with E-state index >= 15 is 0 Å². The molecule has 2 fully saturated rings. The number of hydrogen-bond acceptors (Lipinski definition) is 9. The van der Waals surface area contributed by atoms with Gasteiger partial charge in [0.05, 0.1) is 11.0 Å². The fourth-order valence-corrected chi connectivity index (χ4v) is 4.00. The Hall–Kier alpha value is -2.66. The number of aromatic hydroxyl groups is 1. The summed E-state index contributed by atoms with van der Waals surface area (Å²) in [6.45, 7) is 5.01. The highest BCUT2D eigenvalue weighted by atomic mass is 16.7. The van der Waals surface area contributed by atoms with Gasteiger partial charge in [0.1, 0.15) is 29.6 Å². The van der Waals surface area contributed by atoms with E-state index in [1.54, 1.807) is 20.8 Å². The first-order valence-corrected chi connectivity index (χ1v) is 10.4. The van der Waals surface area contributed by atoms with E-state index in [0.29, 0.717) is 5.56 Å². The third-order valence-corrected chi connectivity index (χ3v) is 5.98. The molecule has 2 aliphatic rings. The number of benzene rings is 1. The molecule has 2 heterocycles. The predicted octanol–water partition coefficient (Wildman–Crippen LogP) is 1.41. The van der Waals surface area contributed by atoms with Gasteiger partial charge in [-0.2, -0.15) is 0 Å². The number of amides is 1. The highest BCUT2D eigenvalue weighted by molar-refractivity contribution is 5.99. The van der Waals surface area contributed by atoms with E-state index < -0.39 is 41.6 Å². The van der Waals surface area contributed by atoms with Crippen molar-refractivity contribution in [2.75, 3.05) is 12.4 Å². The summed E-state index contributed by atoms with van der Waals surface area (Å²) >= 11 is 0. The van der Waals surface area contributed by atoms with Gasteiger partial charge in [-0.15, -0.1) is 0 Å². The molecular weight excluding hydrogens is 422 g/mol. The number of aliphatic hydroxyl groups is 2. The molecule has 0 unspecified atom stereocenters. The Labute approximate surface area is 183 Å². The van der Waals surface area contributed by atoms with Gasteiger partial charge in [0, 0.05) is 18.6 Å². The topological polar surface area (TPSA) is 148 Å². The van der Waals surface area contributed by atoms with Gasteiger partial charge in [0.15, 0.2) is 11.4 Å². The van der Waals surface area contributed by atoms with Gasteiger partial charge in [0.2, 0.25) is 12.2 Å². The Morgan fingerprint density at radius 2 is 1.91 bits per heavy atom. The van der Waals surface area contributed by atoms with Gasteiger partial charge >= 0.3 is 5.63 Å². The average molecular weight is 449 g/mol. The molecule has 4 N–H and O–H groups in total. The summed E-state index contributed by atoms with van der Waals surface area (Å²) in [5, 5.41) is 34.1. The van der Waals surface area contributed by atoms with Crippen molar-refractivity contribution in [3.05, 3.63) is 28.1 Å². The zero-order chi connectivity index (χ0) is 23.4. The van der Waals surface area contributed by atoms with Crippen molar-refractivity contribution in [2.24, 2.45) is 5.92 Å². The second kappa shape index (κ2) is 8.04. The molecule has 32 heavy (non-hydrogen) atoms. The highest BCUT2D eigenvalue weighted by Gasteiger charge is 2.50. The maximum absolute atomic E-state index is 12.4. The van der Waals surface area contributed by atoms with E-state index in [0.717, 1.165) is 12.8 Å². The van der Waals surface area contributed by atoms with Crippen LogP contribution in [0.3, 0.4) is 0 Å². The third-order valence-electron chi connectivity index (χ3n) is 5.98. The minimum atomic E-state index is -1.40. The van der Waals surface area contributed by atoms with Crippen molar-refractivity contribution in [1.29, 1.82) is 0 Å². The summed E-state index contributed by atoms with van der Waals surface area (Å²) in [4.78, 5) is 24.5. The van der Waals surface area contributed by atoms with Crippen LogP contribution in [0, 0.1) is 12.8 Å². The van der Waals surface area contributed by atoms with Crippen LogP contribution >= 0.6 is 0 Å². The second-order valence-electron chi connectivity index (χ2n) is 8.79. The van der Waals surface area contributed by atoms with E-state index in [1.807, 2.05) is 0 Å². The zero-order valence-corrected chi connectivity index (χ0v) is 18.2. The number of hydrogen-bond donors (Lipinski definition) is 4. The van der Waals surface area contributed by atoms with E-state index in [1.165, 1.54) is 19.2 Å². The van der Waals surface area contributed by atoms with Gasteiger partial charge in [0.25, 0.3) is 0 Å². The summed E-state index contributed by atoms with van der Waals surface area (Å²) in [6, 6.07) is 2.99. The molecule has 10 heteroatoms. The number of aryl methyl sites for hydroxylation is 1. The second-order valence-corrected chi connectivity index (χ2v) is 8.79. The summed E-state index contributed by atoms with van der Waals surface area (Å²) in [5.41, 5.74) is -1.72. The molecule has 0 spiro atoms. The fraction of sp³-hybridized carbons (Fsp3) is 0.545. The summed E-state index contributed by atoms with van der Waals surface area (Å²) in [7, 11) is 1.41. The highest BCUT2D eigenvalue weighted by Crippen LogP contribution is 2.38. The Morgan fingerprint density at radius 3 is 2.53 bits per heavy atom. The number of aliphatic hydroxyl groups excluding tert-OH is 2. The number of anilines is 1. The SMILES string of the molecule is CO[C@@H]1[C@@H](O)[C@@H](O)[C@H](Oc2ccc3c(O)c(NC(=O)C4CC4)c(=O)oc3c2C)OC1(C)C. The molecule has 0 radical (unpaired) electrons. The monoisotopic (exact) mass is 449 g/mol. The minimum Gasteiger partial charge on any atom is -0.505 e. The molecule has 1 aromatic carbocycles. The van der Waals surface area contributed by atoms with Gasteiger partial charge in [-0.1, -0.05) is 0 Å². The normalized spacial score (nSPS) is 27.3.